The number of halogens is 8. The summed E-state index contributed by atoms with van der Waals surface area (Å²) in [6.45, 7) is 8.61. The smallest absolute Gasteiger partial charge is 0.419 e. The van der Waals surface area contributed by atoms with E-state index in [4.69, 9.17) is 0 Å². The SMILES string of the molecule is Cc1cc(C)c(-c2cc(C(CC(=O)O)NC(=O)C(CC(C)(C)F)n3cc(CCN4CCC4)c(C(F)(F)F)cc3=O)c(F)c(C(F)(F)F)c2)c(C)c1. The zero-order valence-electron chi connectivity index (χ0n) is 28.7. The number of benzene rings is 2. The second-order valence-electron chi connectivity index (χ2n) is 13.7. The first-order valence-electron chi connectivity index (χ1n) is 16.2. The number of hydrogen-bond acceptors (Lipinski definition) is 4. The highest BCUT2D eigenvalue weighted by atomic mass is 19.4. The highest BCUT2D eigenvalue weighted by Crippen LogP contribution is 2.40. The highest BCUT2D eigenvalue weighted by Gasteiger charge is 2.40. The minimum absolute atomic E-state index is 0.120. The molecule has 1 amide bonds. The number of nitrogens with zero attached hydrogens (tertiary/aromatic N) is 2. The van der Waals surface area contributed by atoms with Gasteiger partial charge in [0, 0.05) is 30.8 Å². The molecule has 1 fully saturated rings. The molecular formula is C36H39F8N3O4. The van der Waals surface area contributed by atoms with Crippen molar-refractivity contribution in [3.63, 3.8) is 0 Å². The van der Waals surface area contributed by atoms with Crippen molar-refractivity contribution in [3.05, 3.63) is 91.6 Å². The van der Waals surface area contributed by atoms with Crippen LogP contribution in [0.4, 0.5) is 35.1 Å². The Morgan fingerprint density at radius 2 is 1.49 bits per heavy atom. The van der Waals surface area contributed by atoms with Gasteiger partial charge in [0.25, 0.3) is 5.56 Å². The average molecular weight is 730 g/mol. The molecule has 1 aliphatic rings. The fourth-order valence-electron chi connectivity index (χ4n) is 6.53. The predicted molar refractivity (Wildman–Crippen MR) is 173 cm³/mol. The Kier molecular flexibility index (Phi) is 11.4. The summed E-state index contributed by atoms with van der Waals surface area (Å²) in [6, 6.07) is 1.36. The van der Waals surface area contributed by atoms with Crippen LogP contribution in [0.25, 0.3) is 11.1 Å². The summed E-state index contributed by atoms with van der Waals surface area (Å²) < 4.78 is 116. The minimum Gasteiger partial charge on any atom is -0.481 e. The maximum atomic E-state index is 15.8. The number of likely N-dealkylation sites (tertiary alicyclic amines) is 1. The van der Waals surface area contributed by atoms with Crippen LogP contribution >= 0.6 is 0 Å². The Bertz CT molecular complexity index is 1830. The largest absolute Gasteiger partial charge is 0.481 e. The van der Waals surface area contributed by atoms with Crippen molar-refractivity contribution in [2.45, 2.75) is 90.4 Å². The first-order chi connectivity index (χ1) is 23.5. The highest BCUT2D eigenvalue weighted by molar-refractivity contribution is 5.82. The third kappa shape index (κ3) is 9.54. The molecule has 2 aromatic carbocycles. The molecule has 278 valence electrons. The monoisotopic (exact) mass is 729 g/mol. The van der Waals surface area contributed by atoms with Gasteiger partial charge < -0.3 is 19.9 Å². The molecule has 2 heterocycles. The van der Waals surface area contributed by atoms with Crippen LogP contribution in [0.2, 0.25) is 0 Å². The van der Waals surface area contributed by atoms with Gasteiger partial charge in [-0.05, 0) is 100 Å². The molecule has 3 aromatic rings. The Morgan fingerprint density at radius 3 is 1.98 bits per heavy atom. The molecule has 2 unspecified atom stereocenters. The van der Waals surface area contributed by atoms with Crippen molar-refractivity contribution < 1.29 is 49.8 Å². The van der Waals surface area contributed by atoms with E-state index < -0.39 is 82.9 Å². The second-order valence-corrected chi connectivity index (χ2v) is 13.7. The van der Waals surface area contributed by atoms with E-state index >= 15 is 8.78 Å². The topological polar surface area (TPSA) is 91.6 Å². The van der Waals surface area contributed by atoms with Crippen LogP contribution in [0.15, 0.2) is 41.3 Å². The minimum atomic E-state index is -5.25. The van der Waals surface area contributed by atoms with Crippen LogP contribution < -0.4 is 10.9 Å². The van der Waals surface area contributed by atoms with Gasteiger partial charge in [-0.2, -0.15) is 26.3 Å². The standard InChI is InChI=1S/C36H39F8N3O4/c1-19-11-20(2)31(21(3)12-19)23-13-24(32(37)26(14-23)36(42,43)44)27(16-30(49)50)45-33(51)28(17-34(4,5)38)47-18-22(7-10-46-8-6-9-46)25(15-29(47)48)35(39,40)41/h11-15,18,27-28H,6-10,16-17H2,1-5H3,(H,45,51)(H,49,50). The molecule has 0 spiro atoms. The Morgan fingerprint density at radius 1 is 0.902 bits per heavy atom. The molecule has 51 heavy (non-hydrogen) atoms. The Hall–Kier alpha value is -4.27. The van der Waals surface area contributed by atoms with Gasteiger partial charge in [0.1, 0.15) is 17.5 Å². The molecule has 1 aromatic heterocycles. The lowest BCUT2D eigenvalue weighted by Gasteiger charge is -2.31. The van der Waals surface area contributed by atoms with Gasteiger partial charge in [0.2, 0.25) is 5.91 Å². The van der Waals surface area contributed by atoms with Crippen molar-refractivity contribution >= 4 is 11.9 Å². The number of carbonyl (C=O) groups is 2. The number of aliphatic carboxylic acids is 1. The van der Waals surface area contributed by atoms with Gasteiger partial charge in [0.15, 0.2) is 0 Å². The quantitative estimate of drug-likeness (QED) is 0.185. The van der Waals surface area contributed by atoms with Crippen LogP contribution in [-0.2, 0) is 28.4 Å². The average Bonchev–Trinajstić information content (AvgIpc) is 2.93. The number of alkyl halides is 7. The number of pyridine rings is 1. The number of aromatic nitrogens is 1. The van der Waals surface area contributed by atoms with E-state index in [0.717, 1.165) is 38.1 Å². The third-order valence-electron chi connectivity index (χ3n) is 8.87. The summed E-state index contributed by atoms with van der Waals surface area (Å²) in [5.41, 5.74) is -5.68. The number of carboxylic acids is 1. The van der Waals surface area contributed by atoms with Gasteiger partial charge in [-0.15, -0.1) is 0 Å². The van der Waals surface area contributed by atoms with E-state index in [1.807, 2.05) is 4.90 Å². The molecule has 1 aliphatic heterocycles. The summed E-state index contributed by atoms with van der Waals surface area (Å²) in [5, 5.41) is 11.9. The van der Waals surface area contributed by atoms with Crippen molar-refractivity contribution in [2.24, 2.45) is 0 Å². The summed E-state index contributed by atoms with van der Waals surface area (Å²) in [7, 11) is 0. The molecule has 0 bridgehead atoms. The summed E-state index contributed by atoms with van der Waals surface area (Å²) in [6.07, 6.45) is -10.7. The maximum absolute atomic E-state index is 15.8. The third-order valence-corrected chi connectivity index (χ3v) is 8.87. The first kappa shape index (κ1) is 39.5. The van der Waals surface area contributed by atoms with E-state index in [1.54, 1.807) is 32.9 Å². The molecule has 15 heteroatoms. The zero-order chi connectivity index (χ0) is 38.2. The van der Waals surface area contributed by atoms with E-state index in [1.165, 1.54) is 0 Å². The lowest BCUT2D eigenvalue weighted by atomic mass is 9.89. The zero-order valence-corrected chi connectivity index (χ0v) is 28.7. The number of carboxylic acid groups (broad SMARTS) is 1. The van der Waals surface area contributed by atoms with E-state index in [-0.39, 0.29) is 30.2 Å². The van der Waals surface area contributed by atoms with Gasteiger partial charge in [-0.3, -0.25) is 14.4 Å². The van der Waals surface area contributed by atoms with E-state index in [0.29, 0.717) is 40.4 Å². The molecule has 4 rings (SSSR count). The molecule has 1 saturated heterocycles. The van der Waals surface area contributed by atoms with Crippen LogP contribution in [-0.4, -0.2) is 51.8 Å². The van der Waals surface area contributed by atoms with Crippen molar-refractivity contribution in [2.75, 3.05) is 19.6 Å². The van der Waals surface area contributed by atoms with Gasteiger partial charge >= 0.3 is 18.3 Å². The summed E-state index contributed by atoms with van der Waals surface area (Å²) >= 11 is 0. The number of nitrogens with one attached hydrogen (secondary N) is 1. The first-order valence-corrected chi connectivity index (χ1v) is 16.2. The maximum Gasteiger partial charge on any atom is 0.419 e. The van der Waals surface area contributed by atoms with Crippen LogP contribution in [0.5, 0.6) is 0 Å². The molecular weight excluding hydrogens is 690 g/mol. The number of rotatable bonds is 12. The van der Waals surface area contributed by atoms with Crippen LogP contribution in [0.1, 0.15) is 84.1 Å². The normalized spacial score (nSPS) is 15.3. The number of aryl methyl sites for hydroxylation is 3. The fraction of sp³-hybridized carbons (Fsp3) is 0.472. The van der Waals surface area contributed by atoms with Crippen molar-refractivity contribution in [1.29, 1.82) is 0 Å². The van der Waals surface area contributed by atoms with E-state index in [2.05, 4.69) is 5.32 Å². The van der Waals surface area contributed by atoms with E-state index in [9.17, 15) is 45.8 Å². The molecule has 0 radical (unpaired) electrons. The molecule has 0 aliphatic carbocycles. The predicted octanol–water partition coefficient (Wildman–Crippen LogP) is 7.88. The molecule has 2 atom stereocenters. The molecule has 7 nitrogen and oxygen atoms in total. The van der Waals surface area contributed by atoms with Gasteiger partial charge in [-0.25, -0.2) is 8.78 Å². The molecule has 0 saturated carbocycles. The second kappa shape index (κ2) is 14.8. The Labute approximate surface area is 289 Å². The summed E-state index contributed by atoms with van der Waals surface area (Å²) in [5.74, 6) is -4.82. The van der Waals surface area contributed by atoms with Crippen LogP contribution in [0.3, 0.4) is 0 Å². The van der Waals surface area contributed by atoms with Crippen molar-refractivity contribution in [3.8, 4) is 11.1 Å². The number of amides is 1. The fourth-order valence-corrected chi connectivity index (χ4v) is 6.53. The Balaban J connectivity index is 1.87. The van der Waals surface area contributed by atoms with Gasteiger partial charge in [-0.1, -0.05) is 17.7 Å². The summed E-state index contributed by atoms with van der Waals surface area (Å²) in [4.78, 5) is 41.0. The molecule has 2 N–H and O–H groups in total. The number of hydrogen-bond donors (Lipinski definition) is 2. The lowest BCUT2D eigenvalue weighted by Crippen LogP contribution is -2.42. The van der Waals surface area contributed by atoms with Gasteiger partial charge in [0.05, 0.1) is 23.6 Å². The number of carbonyl (C=O) groups excluding carboxylic acids is 1. The van der Waals surface area contributed by atoms with Crippen molar-refractivity contribution in [1.82, 2.24) is 14.8 Å². The van der Waals surface area contributed by atoms with Crippen LogP contribution in [0, 0.1) is 26.6 Å². The lowest BCUT2D eigenvalue weighted by molar-refractivity contribution is -0.140.